The van der Waals surface area contributed by atoms with Gasteiger partial charge in [-0.05, 0) is 40.8 Å². The second-order valence-electron chi connectivity index (χ2n) is 4.98. The highest BCUT2D eigenvalue weighted by atomic mass is 79.9. The number of rotatable bonds is 4. The summed E-state index contributed by atoms with van der Waals surface area (Å²) in [6.45, 7) is 4.26. The van der Waals surface area contributed by atoms with E-state index in [2.05, 4.69) is 46.0 Å². The highest BCUT2D eigenvalue weighted by Crippen LogP contribution is 2.29. The van der Waals surface area contributed by atoms with Gasteiger partial charge in [-0.2, -0.15) is 10.2 Å². The van der Waals surface area contributed by atoms with E-state index in [1.54, 1.807) is 6.20 Å². The maximum Gasteiger partial charge on any atom is 0.0678 e. The van der Waals surface area contributed by atoms with Crippen LogP contribution in [0.4, 0.5) is 0 Å². The summed E-state index contributed by atoms with van der Waals surface area (Å²) in [5.74, 6) is 0.422. The van der Waals surface area contributed by atoms with Gasteiger partial charge >= 0.3 is 0 Å². The van der Waals surface area contributed by atoms with Gasteiger partial charge in [-0.1, -0.05) is 53.0 Å². The van der Waals surface area contributed by atoms with Crippen molar-refractivity contribution in [2.75, 3.05) is 0 Å². The molecule has 0 saturated carbocycles. The van der Waals surface area contributed by atoms with Gasteiger partial charge in [0.2, 0.25) is 0 Å². The molecule has 0 bridgehead atoms. The first-order chi connectivity index (χ1) is 9.51. The van der Waals surface area contributed by atoms with Crippen molar-refractivity contribution in [3.8, 4) is 0 Å². The van der Waals surface area contributed by atoms with Crippen molar-refractivity contribution in [1.29, 1.82) is 0 Å². The Morgan fingerprint density at radius 3 is 2.35 bits per heavy atom. The Labute approximate surface area is 137 Å². The first-order valence-corrected chi connectivity index (χ1v) is 8.23. The molecular weight excluding hydrogens is 359 g/mol. The average Bonchev–Trinajstić information content (AvgIpc) is 2.42. The molecule has 0 unspecified atom stereocenters. The molecule has 1 aromatic heterocycles. The summed E-state index contributed by atoms with van der Waals surface area (Å²) in [5, 5.41) is 10.3. The highest BCUT2D eigenvalue weighted by molar-refractivity contribution is 9.08. The fourth-order valence-electron chi connectivity index (χ4n) is 1.91. The maximum atomic E-state index is 6.31. The van der Waals surface area contributed by atoms with E-state index in [0.29, 0.717) is 22.4 Å². The number of nitrogens with zero attached hydrogens (tertiary/aromatic N) is 2. The molecule has 1 heterocycles. The van der Waals surface area contributed by atoms with Crippen LogP contribution in [0.5, 0.6) is 0 Å². The molecule has 5 heteroatoms. The summed E-state index contributed by atoms with van der Waals surface area (Å²) in [5.41, 5.74) is 4.00. The smallest absolute Gasteiger partial charge is 0.0678 e. The standard InChI is InChI=1S/C15H15BrCl2N2/c1-9(2)11-5-12(20-19-8-11)6-13-14(17)3-10(7-16)4-15(13)18/h3-5,8-9H,6-7H2,1-2H3. The Morgan fingerprint density at radius 2 is 1.80 bits per heavy atom. The van der Waals surface area contributed by atoms with Crippen molar-refractivity contribution in [1.82, 2.24) is 10.2 Å². The van der Waals surface area contributed by atoms with Crippen LogP contribution in [0.25, 0.3) is 0 Å². The molecule has 0 saturated heterocycles. The van der Waals surface area contributed by atoms with Gasteiger partial charge in [0.1, 0.15) is 0 Å². The molecule has 0 atom stereocenters. The molecule has 2 aromatic rings. The van der Waals surface area contributed by atoms with Gasteiger partial charge in [0, 0.05) is 21.8 Å². The van der Waals surface area contributed by atoms with Crippen LogP contribution in [0, 0.1) is 0 Å². The Kier molecular flexibility index (Phi) is 5.42. The largest absolute Gasteiger partial charge is 0.159 e. The summed E-state index contributed by atoms with van der Waals surface area (Å²) < 4.78 is 0. The molecule has 0 amide bonds. The van der Waals surface area contributed by atoms with Gasteiger partial charge in [-0.25, -0.2) is 0 Å². The lowest BCUT2D eigenvalue weighted by atomic mass is 10.0. The molecule has 106 valence electrons. The first kappa shape index (κ1) is 15.7. The number of benzene rings is 1. The minimum atomic E-state index is 0.422. The molecule has 0 radical (unpaired) electrons. The third kappa shape index (κ3) is 3.72. The van der Waals surface area contributed by atoms with Crippen LogP contribution in [0.15, 0.2) is 24.4 Å². The van der Waals surface area contributed by atoms with Crippen molar-refractivity contribution < 1.29 is 0 Å². The molecule has 0 spiro atoms. The molecule has 0 N–H and O–H groups in total. The minimum Gasteiger partial charge on any atom is -0.159 e. The summed E-state index contributed by atoms with van der Waals surface area (Å²) in [7, 11) is 0. The van der Waals surface area contributed by atoms with Crippen LogP contribution >= 0.6 is 39.1 Å². The average molecular weight is 374 g/mol. The fraction of sp³-hybridized carbons (Fsp3) is 0.333. The number of hydrogen-bond donors (Lipinski definition) is 0. The Hall–Kier alpha value is -0.640. The van der Waals surface area contributed by atoms with Crippen molar-refractivity contribution in [3.05, 3.63) is 56.8 Å². The Bertz CT molecular complexity index is 592. The summed E-state index contributed by atoms with van der Waals surface area (Å²) in [6, 6.07) is 5.91. The number of alkyl halides is 1. The van der Waals surface area contributed by atoms with Crippen molar-refractivity contribution >= 4 is 39.1 Å². The lowest BCUT2D eigenvalue weighted by Crippen LogP contribution is -2.00. The zero-order chi connectivity index (χ0) is 14.7. The van der Waals surface area contributed by atoms with Crippen molar-refractivity contribution in [3.63, 3.8) is 0 Å². The number of hydrogen-bond acceptors (Lipinski definition) is 2. The lowest BCUT2D eigenvalue weighted by molar-refractivity contribution is 0.823. The van der Waals surface area contributed by atoms with Gasteiger partial charge in [-0.15, -0.1) is 0 Å². The molecule has 1 aromatic carbocycles. The van der Waals surface area contributed by atoms with Crippen LogP contribution in [0.2, 0.25) is 10.0 Å². The summed E-state index contributed by atoms with van der Waals surface area (Å²) >= 11 is 16.0. The molecule has 20 heavy (non-hydrogen) atoms. The van der Waals surface area contributed by atoms with Gasteiger partial charge in [0.25, 0.3) is 0 Å². The molecule has 0 aliphatic heterocycles. The predicted octanol–water partition coefficient (Wildman–Crippen LogP) is 5.39. The molecule has 2 nitrogen and oxygen atoms in total. The van der Waals surface area contributed by atoms with E-state index in [9.17, 15) is 0 Å². The quantitative estimate of drug-likeness (QED) is 0.671. The maximum absolute atomic E-state index is 6.31. The highest BCUT2D eigenvalue weighted by Gasteiger charge is 2.11. The van der Waals surface area contributed by atoms with Gasteiger partial charge in [0.05, 0.1) is 11.9 Å². The number of aromatic nitrogens is 2. The summed E-state index contributed by atoms with van der Waals surface area (Å²) in [4.78, 5) is 0. The van der Waals surface area contributed by atoms with Crippen LogP contribution in [0.3, 0.4) is 0 Å². The zero-order valence-corrected chi connectivity index (χ0v) is 14.4. The second-order valence-corrected chi connectivity index (χ2v) is 6.36. The first-order valence-electron chi connectivity index (χ1n) is 6.35. The molecule has 0 fully saturated rings. The Balaban J connectivity index is 2.32. The minimum absolute atomic E-state index is 0.422. The molecule has 0 aliphatic rings. The van der Waals surface area contributed by atoms with Crippen molar-refractivity contribution in [2.24, 2.45) is 0 Å². The van der Waals surface area contributed by atoms with Crippen LogP contribution in [0.1, 0.15) is 42.1 Å². The lowest BCUT2D eigenvalue weighted by Gasteiger charge is -2.10. The topological polar surface area (TPSA) is 25.8 Å². The van der Waals surface area contributed by atoms with E-state index in [1.807, 2.05) is 12.1 Å². The fourth-order valence-corrected chi connectivity index (χ4v) is 2.90. The van der Waals surface area contributed by atoms with Gasteiger partial charge in [-0.3, -0.25) is 0 Å². The van der Waals surface area contributed by atoms with E-state index >= 15 is 0 Å². The van der Waals surface area contributed by atoms with Gasteiger partial charge < -0.3 is 0 Å². The number of halogens is 3. The SMILES string of the molecule is CC(C)c1cnnc(Cc2c(Cl)cc(CBr)cc2Cl)c1. The third-order valence-electron chi connectivity index (χ3n) is 3.11. The molecule has 2 rings (SSSR count). The predicted molar refractivity (Wildman–Crippen MR) is 88.0 cm³/mol. The van der Waals surface area contributed by atoms with E-state index in [4.69, 9.17) is 23.2 Å². The van der Waals surface area contributed by atoms with Crippen LogP contribution < -0.4 is 0 Å². The molecule has 0 aliphatic carbocycles. The van der Waals surface area contributed by atoms with Crippen LogP contribution in [-0.2, 0) is 11.8 Å². The monoisotopic (exact) mass is 372 g/mol. The molecular formula is C15H15BrCl2N2. The van der Waals surface area contributed by atoms with E-state index in [0.717, 1.165) is 22.2 Å². The third-order valence-corrected chi connectivity index (χ3v) is 4.43. The second kappa shape index (κ2) is 6.88. The van der Waals surface area contributed by atoms with E-state index in [-0.39, 0.29) is 0 Å². The zero-order valence-electron chi connectivity index (χ0n) is 11.3. The van der Waals surface area contributed by atoms with Gasteiger partial charge in [0.15, 0.2) is 0 Å². The Morgan fingerprint density at radius 1 is 1.15 bits per heavy atom. The van der Waals surface area contributed by atoms with E-state index < -0.39 is 0 Å². The van der Waals surface area contributed by atoms with Crippen molar-refractivity contribution in [2.45, 2.75) is 31.5 Å². The van der Waals surface area contributed by atoms with Crippen LogP contribution in [-0.4, -0.2) is 10.2 Å². The normalized spacial score (nSPS) is 11.1. The van der Waals surface area contributed by atoms with E-state index in [1.165, 1.54) is 5.56 Å². The summed E-state index contributed by atoms with van der Waals surface area (Å²) in [6.07, 6.45) is 2.39.